The fourth-order valence-corrected chi connectivity index (χ4v) is 6.69. The first kappa shape index (κ1) is 31.1. The van der Waals surface area contributed by atoms with Gasteiger partial charge in [0, 0.05) is 42.1 Å². The summed E-state index contributed by atoms with van der Waals surface area (Å²) in [4.78, 5) is 35.6. The molecule has 0 radical (unpaired) electrons. The van der Waals surface area contributed by atoms with E-state index in [1.165, 1.54) is 24.6 Å². The first-order chi connectivity index (χ1) is 22.1. The van der Waals surface area contributed by atoms with Crippen molar-refractivity contribution in [1.82, 2.24) is 29.2 Å². The predicted molar refractivity (Wildman–Crippen MR) is 173 cm³/mol. The van der Waals surface area contributed by atoms with Crippen molar-refractivity contribution in [3.8, 4) is 17.3 Å². The summed E-state index contributed by atoms with van der Waals surface area (Å²) in [6, 6.07) is 12.1. The molecule has 6 rings (SSSR count). The maximum Gasteiger partial charge on any atom is 0.417 e. The largest absolute Gasteiger partial charge is 0.464 e. The van der Waals surface area contributed by atoms with Crippen LogP contribution < -0.4 is 5.32 Å². The van der Waals surface area contributed by atoms with E-state index in [0.29, 0.717) is 42.4 Å². The number of piperidine rings is 1. The summed E-state index contributed by atoms with van der Waals surface area (Å²) < 4.78 is 8.49. The molecule has 1 amide bonds. The van der Waals surface area contributed by atoms with Crippen molar-refractivity contribution >= 4 is 34.9 Å². The van der Waals surface area contributed by atoms with Gasteiger partial charge in [0.05, 0.1) is 30.4 Å². The second kappa shape index (κ2) is 12.8. The fraction of sp³-hybridized carbons (Fsp3) is 0.471. The molecule has 1 saturated heterocycles. The van der Waals surface area contributed by atoms with Crippen LogP contribution in [0.15, 0.2) is 48.9 Å². The molecule has 2 fully saturated rings. The number of hydrogen-bond acceptors (Lipinski definition) is 8. The lowest BCUT2D eigenvalue weighted by molar-refractivity contribution is 0.0204. The number of carbonyl (C=O) groups excluding carboxylic acids is 1. The molecule has 12 nitrogen and oxygen atoms in total. The number of rotatable bonds is 7. The van der Waals surface area contributed by atoms with Crippen LogP contribution in [-0.2, 0) is 4.74 Å². The third kappa shape index (κ3) is 6.68. The Morgan fingerprint density at radius 2 is 1.80 bits per heavy atom. The number of ether oxygens (including phenoxy) is 1. The highest BCUT2D eigenvalue weighted by molar-refractivity contribution is 5.95. The van der Waals surface area contributed by atoms with E-state index in [9.17, 15) is 20.0 Å². The Kier molecular flexibility index (Phi) is 8.67. The van der Waals surface area contributed by atoms with E-state index in [1.807, 2.05) is 43.8 Å². The van der Waals surface area contributed by atoms with Crippen LogP contribution in [0.2, 0.25) is 0 Å². The van der Waals surface area contributed by atoms with Gasteiger partial charge in [0.2, 0.25) is 5.95 Å². The Balaban J connectivity index is 1.22. The van der Waals surface area contributed by atoms with E-state index in [0.717, 1.165) is 41.5 Å². The van der Waals surface area contributed by atoms with Crippen molar-refractivity contribution < 1.29 is 19.4 Å². The number of nitrogens with one attached hydrogen (secondary N) is 1. The van der Waals surface area contributed by atoms with Gasteiger partial charge in [-0.2, -0.15) is 15.3 Å². The summed E-state index contributed by atoms with van der Waals surface area (Å²) >= 11 is 0. The first-order valence-electron chi connectivity index (χ1n) is 16.0. The van der Waals surface area contributed by atoms with Crippen LogP contribution in [0.1, 0.15) is 83.2 Å². The van der Waals surface area contributed by atoms with Crippen LogP contribution in [0.3, 0.4) is 0 Å². The minimum Gasteiger partial charge on any atom is -0.464 e. The molecule has 12 heteroatoms. The standard InChI is InChI=1S/C34H40N8O4/c1-34(2,3)46-33(45)40-17-13-23(14-18-40)22-8-10-26(11-9-22)37-31-38-29(27-15-19-41(32(43)44)30(27)39-31)25-20-36-42(21-25)28(12-16-35)24-6-4-5-7-24/h8-11,15,19-21,23-24,28H,4-7,12-14,17-18H2,1-3H3,(H,43,44)(H,37,38,39). The molecule has 1 atom stereocenters. The topological polar surface area (TPSA) is 151 Å². The van der Waals surface area contributed by atoms with Crippen LogP contribution in [-0.4, -0.2) is 65.2 Å². The molecule has 0 bridgehead atoms. The van der Waals surface area contributed by atoms with Crippen molar-refractivity contribution in [2.75, 3.05) is 18.4 Å². The van der Waals surface area contributed by atoms with Gasteiger partial charge in [-0.05, 0) is 82.1 Å². The number of anilines is 2. The molecular formula is C34H40N8O4. The number of hydrogen-bond donors (Lipinski definition) is 2. The van der Waals surface area contributed by atoms with E-state index in [4.69, 9.17) is 9.72 Å². The highest BCUT2D eigenvalue weighted by Crippen LogP contribution is 2.37. The molecule has 1 unspecified atom stereocenters. The molecule has 2 aliphatic rings. The maximum absolute atomic E-state index is 12.5. The zero-order chi connectivity index (χ0) is 32.4. The summed E-state index contributed by atoms with van der Waals surface area (Å²) in [5, 5.41) is 27.8. The summed E-state index contributed by atoms with van der Waals surface area (Å²) in [6.45, 7) is 6.92. The van der Waals surface area contributed by atoms with Gasteiger partial charge in [0.15, 0.2) is 5.65 Å². The van der Waals surface area contributed by atoms with Crippen molar-refractivity contribution in [2.45, 2.75) is 83.3 Å². The third-order valence-corrected chi connectivity index (χ3v) is 8.99. The number of benzene rings is 1. The second-order valence-electron chi connectivity index (χ2n) is 13.3. The van der Waals surface area contributed by atoms with Crippen LogP contribution in [0, 0.1) is 17.2 Å². The molecular weight excluding hydrogens is 584 g/mol. The summed E-state index contributed by atoms with van der Waals surface area (Å²) in [5.74, 6) is 0.999. The van der Waals surface area contributed by atoms with E-state index in [1.54, 1.807) is 17.2 Å². The zero-order valence-corrected chi connectivity index (χ0v) is 26.5. The smallest absolute Gasteiger partial charge is 0.417 e. The lowest BCUT2D eigenvalue weighted by Crippen LogP contribution is -2.41. The van der Waals surface area contributed by atoms with E-state index in [2.05, 4.69) is 33.6 Å². The van der Waals surface area contributed by atoms with Gasteiger partial charge in [-0.1, -0.05) is 25.0 Å². The molecule has 4 aromatic rings. The summed E-state index contributed by atoms with van der Waals surface area (Å²) in [5.41, 5.74) is 3.00. The second-order valence-corrected chi connectivity index (χ2v) is 13.3. The molecule has 2 N–H and O–H groups in total. The van der Waals surface area contributed by atoms with E-state index < -0.39 is 11.7 Å². The van der Waals surface area contributed by atoms with Gasteiger partial charge in [0.1, 0.15) is 5.60 Å². The molecule has 1 aliphatic heterocycles. The Labute approximate surface area is 268 Å². The number of fused-ring (bicyclic) bond motifs is 1. The predicted octanol–water partition coefficient (Wildman–Crippen LogP) is 7.32. The molecule has 1 aromatic carbocycles. The minimum atomic E-state index is -1.14. The molecule has 240 valence electrons. The van der Waals surface area contributed by atoms with Gasteiger partial charge in [-0.3, -0.25) is 4.68 Å². The Morgan fingerprint density at radius 1 is 1.09 bits per heavy atom. The lowest BCUT2D eigenvalue weighted by atomic mass is 9.89. The lowest BCUT2D eigenvalue weighted by Gasteiger charge is -2.33. The zero-order valence-electron chi connectivity index (χ0n) is 26.5. The maximum atomic E-state index is 12.5. The summed E-state index contributed by atoms with van der Waals surface area (Å²) in [7, 11) is 0. The first-order valence-corrected chi connectivity index (χ1v) is 16.0. The molecule has 46 heavy (non-hydrogen) atoms. The molecule has 3 aromatic heterocycles. The summed E-state index contributed by atoms with van der Waals surface area (Å²) in [6.07, 6.45) is 10.3. The van der Waals surface area contributed by atoms with Gasteiger partial charge in [-0.15, -0.1) is 0 Å². The normalized spacial score (nSPS) is 16.8. The Morgan fingerprint density at radius 3 is 2.46 bits per heavy atom. The Hall–Kier alpha value is -4.92. The molecule has 1 saturated carbocycles. The number of aromatic nitrogens is 5. The van der Waals surface area contributed by atoms with Gasteiger partial charge >= 0.3 is 12.2 Å². The van der Waals surface area contributed by atoms with Gasteiger partial charge in [-0.25, -0.2) is 19.1 Å². The SMILES string of the molecule is CC(C)(C)OC(=O)N1CCC(c2ccc(Nc3nc(-c4cnn(C(CC#N)C5CCCC5)c4)c4ccn(C(=O)O)c4n3)cc2)CC1. The number of carbonyl (C=O) groups is 2. The van der Waals surface area contributed by atoms with Gasteiger partial charge < -0.3 is 20.1 Å². The number of nitrogens with zero attached hydrogens (tertiary/aromatic N) is 7. The van der Waals surface area contributed by atoms with Crippen molar-refractivity contribution in [3.05, 3.63) is 54.5 Å². The quantitative estimate of drug-likeness (QED) is 0.215. The highest BCUT2D eigenvalue weighted by Gasteiger charge is 2.29. The molecule has 4 heterocycles. The van der Waals surface area contributed by atoms with Crippen LogP contribution in [0.5, 0.6) is 0 Å². The number of likely N-dealkylation sites (tertiary alicyclic amines) is 1. The highest BCUT2D eigenvalue weighted by atomic mass is 16.6. The number of nitriles is 1. The fourth-order valence-electron chi connectivity index (χ4n) is 6.69. The number of carboxylic acid groups (broad SMARTS) is 1. The van der Waals surface area contributed by atoms with Crippen molar-refractivity contribution in [3.63, 3.8) is 0 Å². The van der Waals surface area contributed by atoms with Crippen molar-refractivity contribution in [1.29, 1.82) is 5.26 Å². The molecule has 1 aliphatic carbocycles. The van der Waals surface area contributed by atoms with Crippen molar-refractivity contribution in [2.24, 2.45) is 5.92 Å². The average Bonchev–Trinajstić information content (AvgIpc) is 3.81. The molecule has 0 spiro atoms. The van der Waals surface area contributed by atoms with Crippen LogP contribution >= 0.6 is 0 Å². The third-order valence-electron chi connectivity index (χ3n) is 8.99. The number of amides is 1. The van der Waals surface area contributed by atoms with Gasteiger partial charge in [0.25, 0.3) is 0 Å². The minimum absolute atomic E-state index is 0.0112. The van der Waals surface area contributed by atoms with E-state index in [-0.39, 0.29) is 23.7 Å². The average molecular weight is 625 g/mol. The van der Waals surface area contributed by atoms with E-state index >= 15 is 0 Å². The van der Waals surface area contributed by atoms with Crippen LogP contribution in [0.25, 0.3) is 22.3 Å². The monoisotopic (exact) mass is 624 g/mol. The Bertz CT molecular complexity index is 1750. The van der Waals surface area contributed by atoms with Crippen LogP contribution in [0.4, 0.5) is 21.2 Å².